The number of unbranched alkanes of at least 4 members (excludes halogenated alkanes) is 6. The highest BCUT2D eigenvalue weighted by Crippen LogP contribution is 2.33. The first kappa shape index (κ1) is 20.4. The summed E-state index contributed by atoms with van der Waals surface area (Å²) in [6.07, 6.45) is 10.2. The molecule has 0 bridgehead atoms. The van der Waals surface area contributed by atoms with E-state index in [1.807, 2.05) is 6.08 Å². The minimum Gasteiger partial charge on any atom is -0.323 e. The Labute approximate surface area is 129 Å². The van der Waals surface area contributed by atoms with Crippen LogP contribution in [0.15, 0.2) is 12.7 Å². The number of carbonyl (C=O) groups excluding carboxylic acids is 1. The lowest BCUT2D eigenvalue weighted by molar-refractivity contribution is -0.166. The molecule has 0 unspecified atom stereocenters. The third-order valence-electron chi connectivity index (χ3n) is 3.09. The van der Waals surface area contributed by atoms with Gasteiger partial charge in [-0.1, -0.05) is 31.8 Å². The zero-order valence-electron chi connectivity index (χ0n) is 13.5. The fourth-order valence-corrected chi connectivity index (χ4v) is 2.55. The van der Waals surface area contributed by atoms with Crippen LogP contribution in [0.4, 0.5) is 0 Å². The molecule has 0 aliphatic heterocycles. The van der Waals surface area contributed by atoms with E-state index in [0.717, 1.165) is 25.7 Å². The first-order valence-corrected chi connectivity index (χ1v) is 10.5. The molecule has 6 heteroatoms. The smallest absolute Gasteiger partial charge is 0.247 e. The van der Waals surface area contributed by atoms with Crippen LogP contribution in [-0.4, -0.2) is 42.5 Å². The van der Waals surface area contributed by atoms with Gasteiger partial charge in [0.25, 0.3) is 0 Å². The predicted octanol–water partition coefficient (Wildman–Crippen LogP) is 3.64. The standard InChI is InChI=1S/C15H31N2O3P/c1-4-5-6-7-8-9-10-11-12-15(18)17(19)13-16-14-21(2,3)20/h4,16,19H,1,5-14H2,2-3H3. The Hall–Kier alpha value is -0.640. The lowest BCUT2D eigenvalue weighted by Crippen LogP contribution is -2.36. The second kappa shape index (κ2) is 12.0. The molecule has 0 aromatic heterocycles. The van der Waals surface area contributed by atoms with Gasteiger partial charge in [-0.15, -0.1) is 6.58 Å². The first-order chi connectivity index (χ1) is 9.87. The van der Waals surface area contributed by atoms with Gasteiger partial charge in [0.1, 0.15) is 0 Å². The van der Waals surface area contributed by atoms with Crippen molar-refractivity contribution in [3.63, 3.8) is 0 Å². The molecule has 0 saturated heterocycles. The van der Waals surface area contributed by atoms with E-state index in [2.05, 4.69) is 11.9 Å². The Balaban J connectivity index is 3.51. The monoisotopic (exact) mass is 318 g/mol. The lowest BCUT2D eigenvalue weighted by atomic mass is 10.1. The third kappa shape index (κ3) is 14.1. The summed E-state index contributed by atoms with van der Waals surface area (Å²) in [5.74, 6) is -0.281. The fraction of sp³-hybridized carbons (Fsp3) is 0.800. The Morgan fingerprint density at radius 1 is 1.19 bits per heavy atom. The van der Waals surface area contributed by atoms with Gasteiger partial charge >= 0.3 is 0 Å². The van der Waals surface area contributed by atoms with Crippen LogP contribution in [0.5, 0.6) is 0 Å². The zero-order chi connectivity index (χ0) is 16.1. The van der Waals surface area contributed by atoms with Crippen LogP contribution >= 0.6 is 7.14 Å². The second-order valence-electron chi connectivity index (χ2n) is 5.88. The maximum absolute atomic E-state index is 11.6. The molecule has 0 saturated carbocycles. The van der Waals surface area contributed by atoms with Crippen LogP contribution in [0.1, 0.15) is 51.4 Å². The first-order valence-electron chi connectivity index (χ1n) is 7.71. The average molecular weight is 318 g/mol. The van der Waals surface area contributed by atoms with Crippen LogP contribution in [0.2, 0.25) is 0 Å². The molecular formula is C15H31N2O3P. The van der Waals surface area contributed by atoms with E-state index in [1.165, 1.54) is 19.3 Å². The number of amides is 1. The minimum atomic E-state index is -2.16. The molecule has 5 nitrogen and oxygen atoms in total. The summed E-state index contributed by atoms with van der Waals surface area (Å²) < 4.78 is 11.5. The molecule has 1 amide bonds. The molecule has 124 valence electrons. The van der Waals surface area contributed by atoms with Gasteiger partial charge in [0.2, 0.25) is 5.91 Å². The summed E-state index contributed by atoms with van der Waals surface area (Å²) in [4.78, 5) is 11.6. The Morgan fingerprint density at radius 2 is 1.76 bits per heavy atom. The molecule has 0 aliphatic rings. The summed E-state index contributed by atoms with van der Waals surface area (Å²) in [7, 11) is -2.16. The number of hydrogen-bond acceptors (Lipinski definition) is 4. The Kier molecular flexibility index (Phi) is 11.6. The number of allylic oxidation sites excluding steroid dienone is 1. The highest BCUT2D eigenvalue weighted by Gasteiger charge is 2.11. The van der Waals surface area contributed by atoms with E-state index in [9.17, 15) is 14.6 Å². The van der Waals surface area contributed by atoms with Gasteiger partial charge in [0.15, 0.2) is 0 Å². The van der Waals surface area contributed by atoms with E-state index in [-0.39, 0.29) is 12.6 Å². The van der Waals surface area contributed by atoms with Crippen LogP contribution in [0.25, 0.3) is 0 Å². The summed E-state index contributed by atoms with van der Waals surface area (Å²) in [6.45, 7) is 7.06. The molecule has 0 heterocycles. The molecule has 0 spiro atoms. The SMILES string of the molecule is C=CCCCCCCCCC(=O)N(O)CNCP(C)(C)=O. The number of nitrogens with zero attached hydrogens (tertiary/aromatic N) is 1. The van der Waals surface area contributed by atoms with Crippen LogP contribution in [0, 0.1) is 0 Å². The molecule has 0 aromatic rings. The molecule has 2 N–H and O–H groups in total. The number of rotatable bonds is 13. The molecule has 0 rings (SSSR count). The van der Waals surface area contributed by atoms with Crippen LogP contribution in [-0.2, 0) is 9.36 Å². The van der Waals surface area contributed by atoms with Gasteiger partial charge in [-0.2, -0.15) is 0 Å². The summed E-state index contributed by atoms with van der Waals surface area (Å²) in [5.41, 5.74) is 0. The minimum absolute atomic E-state index is 0.0338. The van der Waals surface area contributed by atoms with E-state index in [4.69, 9.17) is 0 Å². The van der Waals surface area contributed by atoms with Crippen molar-refractivity contribution in [2.24, 2.45) is 0 Å². The zero-order valence-corrected chi connectivity index (χ0v) is 14.4. The number of nitrogens with one attached hydrogen (secondary N) is 1. The average Bonchev–Trinajstić information content (AvgIpc) is 2.40. The van der Waals surface area contributed by atoms with Crippen molar-refractivity contribution >= 4 is 13.0 Å². The number of hydrogen-bond donors (Lipinski definition) is 2. The van der Waals surface area contributed by atoms with E-state index < -0.39 is 7.14 Å². The Morgan fingerprint density at radius 3 is 2.33 bits per heavy atom. The summed E-state index contributed by atoms with van der Waals surface area (Å²) >= 11 is 0. The number of hydroxylamine groups is 2. The van der Waals surface area contributed by atoms with E-state index >= 15 is 0 Å². The van der Waals surface area contributed by atoms with Crippen molar-refractivity contribution in [3.05, 3.63) is 12.7 Å². The van der Waals surface area contributed by atoms with Crippen LogP contribution in [0.3, 0.4) is 0 Å². The topological polar surface area (TPSA) is 69.6 Å². The van der Waals surface area contributed by atoms with Crippen molar-refractivity contribution in [2.45, 2.75) is 51.4 Å². The largest absolute Gasteiger partial charge is 0.323 e. The molecule has 0 aromatic carbocycles. The second-order valence-corrected chi connectivity index (χ2v) is 9.35. The Bertz CT molecular complexity index is 342. The normalized spacial score (nSPS) is 11.4. The van der Waals surface area contributed by atoms with E-state index in [1.54, 1.807) is 13.3 Å². The van der Waals surface area contributed by atoms with Crippen molar-refractivity contribution in [1.29, 1.82) is 0 Å². The van der Waals surface area contributed by atoms with Gasteiger partial charge in [-0.25, -0.2) is 5.06 Å². The maximum Gasteiger partial charge on any atom is 0.247 e. The molecule has 0 radical (unpaired) electrons. The van der Waals surface area contributed by atoms with Crippen molar-refractivity contribution in [1.82, 2.24) is 10.4 Å². The van der Waals surface area contributed by atoms with Gasteiger partial charge in [0, 0.05) is 6.42 Å². The van der Waals surface area contributed by atoms with E-state index in [0.29, 0.717) is 17.8 Å². The van der Waals surface area contributed by atoms with Gasteiger partial charge in [-0.3, -0.25) is 15.3 Å². The van der Waals surface area contributed by atoms with Crippen LogP contribution < -0.4 is 5.32 Å². The fourth-order valence-electron chi connectivity index (χ4n) is 1.91. The summed E-state index contributed by atoms with van der Waals surface area (Å²) in [5, 5.41) is 13.0. The van der Waals surface area contributed by atoms with Crippen molar-refractivity contribution in [3.8, 4) is 0 Å². The van der Waals surface area contributed by atoms with Gasteiger partial charge in [-0.05, 0) is 32.6 Å². The van der Waals surface area contributed by atoms with Gasteiger partial charge in [0.05, 0.1) is 20.1 Å². The third-order valence-corrected chi connectivity index (χ3v) is 4.08. The molecule has 0 atom stereocenters. The lowest BCUT2D eigenvalue weighted by Gasteiger charge is -2.16. The maximum atomic E-state index is 11.6. The molecule has 0 aliphatic carbocycles. The van der Waals surface area contributed by atoms with Crippen molar-refractivity contribution in [2.75, 3.05) is 26.3 Å². The highest BCUT2D eigenvalue weighted by molar-refractivity contribution is 7.62. The van der Waals surface area contributed by atoms with Crippen molar-refractivity contribution < 1.29 is 14.6 Å². The number of carbonyl (C=O) groups is 1. The summed E-state index contributed by atoms with van der Waals surface area (Å²) in [6, 6.07) is 0. The molecule has 0 fully saturated rings. The molecule has 21 heavy (non-hydrogen) atoms. The quantitative estimate of drug-likeness (QED) is 0.136. The highest BCUT2D eigenvalue weighted by atomic mass is 31.2. The predicted molar refractivity (Wildman–Crippen MR) is 88.1 cm³/mol. The van der Waals surface area contributed by atoms with Gasteiger partial charge < -0.3 is 4.57 Å². The molecular weight excluding hydrogens is 287 g/mol.